The van der Waals surface area contributed by atoms with E-state index in [0.717, 1.165) is 18.5 Å². The van der Waals surface area contributed by atoms with Crippen molar-refractivity contribution in [2.24, 2.45) is 0 Å². The number of hydrogen-bond acceptors (Lipinski definition) is 1. The molecule has 2 nitrogen and oxygen atoms in total. The SMILES string of the molecule is CN(CCc1ccccc1)C(=O)Cc1ccccc1. The van der Waals surface area contributed by atoms with Crippen molar-refractivity contribution in [3.63, 3.8) is 0 Å². The van der Waals surface area contributed by atoms with Gasteiger partial charge in [-0.25, -0.2) is 0 Å². The molecule has 0 aliphatic heterocycles. The zero-order chi connectivity index (χ0) is 13.5. The summed E-state index contributed by atoms with van der Waals surface area (Å²) in [5, 5.41) is 0. The van der Waals surface area contributed by atoms with Crippen LogP contribution in [0.25, 0.3) is 0 Å². The fourth-order valence-corrected chi connectivity index (χ4v) is 1.97. The summed E-state index contributed by atoms with van der Waals surface area (Å²) in [6.07, 6.45) is 1.38. The van der Waals surface area contributed by atoms with Crippen LogP contribution in [0.15, 0.2) is 60.7 Å². The highest BCUT2D eigenvalue weighted by molar-refractivity contribution is 5.78. The Kier molecular flexibility index (Phi) is 4.73. The van der Waals surface area contributed by atoms with Crippen LogP contribution in [-0.4, -0.2) is 24.4 Å². The van der Waals surface area contributed by atoms with E-state index in [2.05, 4.69) is 12.1 Å². The van der Waals surface area contributed by atoms with E-state index in [9.17, 15) is 4.79 Å². The molecule has 2 rings (SSSR count). The highest BCUT2D eigenvalue weighted by atomic mass is 16.2. The van der Waals surface area contributed by atoms with Crippen molar-refractivity contribution in [2.45, 2.75) is 12.8 Å². The molecule has 0 unspecified atom stereocenters. The molecular formula is C17H19NO. The lowest BCUT2D eigenvalue weighted by Gasteiger charge is -2.17. The summed E-state index contributed by atoms with van der Waals surface area (Å²) in [4.78, 5) is 13.9. The number of carbonyl (C=O) groups is 1. The van der Waals surface area contributed by atoms with Crippen molar-refractivity contribution < 1.29 is 4.79 Å². The second kappa shape index (κ2) is 6.74. The fourth-order valence-electron chi connectivity index (χ4n) is 1.97. The topological polar surface area (TPSA) is 20.3 Å². The third-order valence-corrected chi connectivity index (χ3v) is 3.20. The van der Waals surface area contributed by atoms with Crippen molar-refractivity contribution in [2.75, 3.05) is 13.6 Å². The van der Waals surface area contributed by atoms with E-state index in [-0.39, 0.29) is 5.91 Å². The van der Waals surface area contributed by atoms with Crippen molar-refractivity contribution in [1.29, 1.82) is 0 Å². The van der Waals surface area contributed by atoms with Gasteiger partial charge < -0.3 is 4.90 Å². The molecule has 0 N–H and O–H groups in total. The first-order valence-corrected chi connectivity index (χ1v) is 6.57. The van der Waals surface area contributed by atoms with Gasteiger partial charge >= 0.3 is 0 Å². The van der Waals surface area contributed by atoms with Gasteiger partial charge in [0.05, 0.1) is 6.42 Å². The summed E-state index contributed by atoms with van der Waals surface area (Å²) in [5.41, 5.74) is 2.33. The standard InChI is InChI=1S/C17H19NO/c1-18(13-12-15-8-4-2-5-9-15)17(19)14-16-10-6-3-7-11-16/h2-11H,12-14H2,1H3. The zero-order valence-corrected chi connectivity index (χ0v) is 11.3. The third-order valence-electron chi connectivity index (χ3n) is 3.20. The Bertz CT molecular complexity index is 507. The molecule has 0 aliphatic rings. The Morgan fingerprint density at radius 1 is 0.895 bits per heavy atom. The average Bonchev–Trinajstić information content (AvgIpc) is 2.47. The van der Waals surface area contributed by atoms with E-state index in [1.807, 2.05) is 55.6 Å². The average molecular weight is 253 g/mol. The van der Waals surface area contributed by atoms with Crippen LogP contribution in [-0.2, 0) is 17.6 Å². The maximum absolute atomic E-state index is 12.1. The summed E-state index contributed by atoms with van der Waals surface area (Å²) in [6.45, 7) is 0.760. The van der Waals surface area contributed by atoms with Gasteiger partial charge in [-0.2, -0.15) is 0 Å². The van der Waals surface area contributed by atoms with Crippen LogP contribution in [0, 0.1) is 0 Å². The van der Waals surface area contributed by atoms with E-state index in [4.69, 9.17) is 0 Å². The van der Waals surface area contributed by atoms with E-state index in [0.29, 0.717) is 6.42 Å². The minimum atomic E-state index is 0.169. The summed E-state index contributed by atoms with van der Waals surface area (Å²) in [6, 6.07) is 20.1. The Morgan fingerprint density at radius 2 is 1.42 bits per heavy atom. The first-order chi connectivity index (χ1) is 9.25. The monoisotopic (exact) mass is 253 g/mol. The molecule has 0 spiro atoms. The van der Waals surface area contributed by atoms with Crippen molar-refractivity contribution >= 4 is 5.91 Å². The van der Waals surface area contributed by atoms with Crippen molar-refractivity contribution in [1.82, 2.24) is 4.90 Å². The molecule has 0 aliphatic carbocycles. The fraction of sp³-hybridized carbons (Fsp3) is 0.235. The molecule has 1 amide bonds. The normalized spacial score (nSPS) is 10.2. The second-order valence-electron chi connectivity index (χ2n) is 4.71. The molecule has 0 aromatic heterocycles. The summed E-state index contributed by atoms with van der Waals surface area (Å²) < 4.78 is 0. The Morgan fingerprint density at radius 3 is 2.00 bits per heavy atom. The maximum Gasteiger partial charge on any atom is 0.226 e. The zero-order valence-electron chi connectivity index (χ0n) is 11.3. The number of hydrogen-bond donors (Lipinski definition) is 0. The molecule has 2 aromatic carbocycles. The second-order valence-corrected chi connectivity index (χ2v) is 4.71. The van der Waals surface area contributed by atoms with Gasteiger partial charge in [0.2, 0.25) is 5.91 Å². The largest absolute Gasteiger partial charge is 0.345 e. The smallest absolute Gasteiger partial charge is 0.226 e. The molecule has 98 valence electrons. The van der Waals surface area contributed by atoms with Crippen LogP contribution < -0.4 is 0 Å². The highest BCUT2D eigenvalue weighted by Crippen LogP contribution is 2.04. The number of amides is 1. The van der Waals surface area contributed by atoms with E-state index in [1.54, 1.807) is 4.90 Å². The van der Waals surface area contributed by atoms with Gasteiger partial charge in [0.1, 0.15) is 0 Å². The minimum absolute atomic E-state index is 0.169. The van der Waals surface area contributed by atoms with E-state index in [1.165, 1.54) is 5.56 Å². The maximum atomic E-state index is 12.1. The lowest BCUT2D eigenvalue weighted by atomic mass is 10.1. The molecule has 0 saturated carbocycles. The molecule has 2 aromatic rings. The summed E-state index contributed by atoms with van der Waals surface area (Å²) in [5.74, 6) is 0.169. The van der Waals surface area contributed by atoms with Gasteiger partial charge in [-0.1, -0.05) is 60.7 Å². The molecule has 0 fully saturated rings. The molecular weight excluding hydrogens is 234 g/mol. The molecule has 0 radical (unpaired) electrons. The Balaban J connectivity index is 1.83. The van der Waals surface area contributed by atoms with Crippen molar-refractivity contribution in [3.05, 3.63) is 71.8 Å². The number of carbonyl (C=O) groups excluding carboxylic acids is 1. The van der Waals surface area contributed by atoms with E-state index < -0.39 is 0 Å². The number of likely N-dealkylation sites (N-methyl/N-ethyl adjacent to an activating group) is 1. The molecule has 2 heteroatoms. The molecule has 0 bridgehead atoms. The molecule has 19 heavy (non-hydrogen) atoms. The van der Waals surface area contributed by atoms with Gasteiger partial charge in [0.15, 0.2) is 0 Å². The van der Waals surface area contributed by atoms with Gasteiger partial charge in [-0.15, -0.1) is 0 Å². The van der Waals surface area contributed by atoms with Crippen LogP contribution in [0.3, 0.4) is 0 Å². The highest BCUT2D eigenvalue weighted by Gasteiger charge is 2.09. The Labute approximate surface area is 114 Å². The first-order valence-electron chi connectivity index (χ1n) is 6.57. The van der Waals surface area contributed by atoms with Gasteiger partial charge in [-0.05, 0) is 17.5 Å². The lowest BCUT2D eigenvalue weighted by Crippen LogP contribution is -2.30. The molecule has 0 atom stereocenters. The Hall–Kier alpha value is -2.09. The summed E-state index contributed by atoms with van der Waals surface area (Å²) >= 11 is 0. The summed E-state index contributed by atoms with van der Waals surface area (Å²) in [7, 11) is 1.87. The predicted octanol–water partition coefficient (Wildman–Crippen LogP) is 2.93. The van der Waals surface area contributed by atoms with Gasteiger partial charge in [0, 0.05) is 13.6 Å². The lowest BCUT2D eigenvalue weighted by molar-refractivity contribution is -0.129. The van der Waals surface area contributed by atoms with Crippen LogP contribution in [0.4, 0.5) is 0 Å². The number of benzene rings is 2. The minimum Gasteiger partial charge on any atom is -0.345 e. The van der Waals surface area contributed by atoms with Crippen LogP contribution in [0.1, 0.15) is 11.1 Å². The molecule has 0 heterocycles. The van der Waals surface area contributed by atoms with Crippen molar-refractivity contribution in [3.8, 4) is 0 Å². The predicted molar refractivity (Wildman–Crippen MR) is 77.9 cm³/mol. The number of nitrogens with zero attached hydrogens (tertiary/aromatic N) is 1. The van der Waals surface area contributed by atoms with Gasteiger partial charge in [-0.3, -0.25) is 4.79 Å². The number of rotatable bonds is 5. The van der Waals surface area contributed by atoms with Crippen LogP contribution >= 0.6 is 0 Å². The van der Waals surface area contributed by atoms with Crippen LogP contribution in [0.2, 0.25) is 0 Å². The third kappa shape index (κ3) is 4.25. The molecule has 0 saturated heterocycles. The van der Waals surface area contributed by atoms with E-state index >= 15 is 0 Å². The van der Waals surface area contributed by atoms with Crippen LogP contribution in [0.5, 0.6) is 0 Å². The quantitative estimate of drug-likeness (QED) is 0.802. The first kappa shape index (κ1) is 13.3. The van der Waals surface area contributed by atoms with Gasteiger partial charge in [0.25, 0.3) is 0 Å².